The molecule has 4 rings (SSSR count). The van der Waals surface area contributed by atoms with Crippen molar-refractivity contribution in [1.29, 1.82) is 0 Å². The third kappa shape index (κ3) is 6.19. The van der Waals surface area contributed by atoms with Crippen LogP contribution in [0, 0.1) is 11.8 Å². The molecule has 0 aliphatic carbocycles. The van der Waals surface area contributed by atoms with E-state index in [1.165, 1.54) is 4.90 Å². The van der Waals surface area contributed by atoms with Gasteiger partial charge in [-0.15, -0.1) is 0 Å². The minimum atomic E-state index is -0.787. The Morgan fingerprint density at radius 2 is 1.77 bits per heavy atom. The van der Waals surface area contributed by atoms with Crippen LogP contribution in [0.1, 0.15) is 38.7 Å². The number of carbonyl (C=O) groups excluding carboxylic acids is 3. The van der Waals surface area contributed by atoms with Gasteiger partial charge in [-0.1, -0.05) is 43.7 Å². The molecular formula is C30H38N2O7. The van der Waals surface area contributed by atoms with Gasteiger partial charge in [0.05, 0.1) is 19.8 Å². The predicted molar refractivity (Wildman–Crippen MR) is 145 cm³/mol. The first-order chi connectivity index (χ1) is 18.9. The number of rotatable bonds is 10. The number of cyclic esters (lactones) is 1. The molecule has 5 atom stereocenters. The standard InChI is InChI=1S/C30H38N2O7/c1-4-21-16-23(17-27(34)32-24(19-39-30(32)36)15-20-9-7-6-8-10-20)31(22-11-13-25(37-3)14-12-22)28(26(21)18-33)29(35)38-5-2/h6-14,21,23-24,26,28,33H,4-5,15-19H2,1-3H3/t21-,23+,24-,26-,28-/m0/s1. The molecule has 2 aliphatic heterocycles. The van der Waals surface area contributed by atoms with Crippen LogP contribution in [0.2, 0.25) is 0 Å². The van der Waals surface area contributed by atoms with Crippen LogP contribution in [0.3, 0.4) is 0 Å². The largest absolute Gasteiger partial charge is 0.497 e. The summed E-state index contributed by atoms with van der Waals surface area (Å²) >= 11 is 0. The summed E-state index contributed by atoms with van der Waals surface area (Å²) in [7, 11) is 1.58. The van der Waals surface area contributed by atoms with Gasteiger partial charge in [0, 0.05) is 30.7 Å². The Morgan fingerprint density at radius 3 is 2.38 bits per heavy atom. The maximum Gasteiger partial charge on any atom is 0.416 e. The van der Waals surface area contributed by atoms with E-state index in [0.717, 1.165) is 12.0 Å². The summed E-state index contributed by atoms with van der Waals surface area (Å²) in [5.74, 6) is -0.510. The predicted octanol–water partition coefficient (Wildman–Crippen LogP) is 3.82. The van der Waals surface area contributed by atoms with Crippen LogP contribution in [0.4, 0.5) is 10.5 Å². The third-order valence-electron chi connectivity index (χ3n) is 7.87. The second kappa shape index (κ2) is 13.0. The van der Waals surface area contributed by atoms with Gasteiger partial charge in [-0.05, 0) is 55.5 Å². The van der Waals surface area contributed by atoms with E-state index >= 15 is 0 Å². The first-order valence-corrected chi connectivity index (χ1v) is 13.6. The molecule has 1 N–H and O–H groups in total. The first kappa shape index (κ1) is 28.4. The molecule has 0 aromatic heterocycles. The molecule has 0 bridgehead atoms. The van der Waals surface area contributed by atoms with Crippen LogP contribution in [0.15, 0.2) is 54.6 Å². The Hall–Kier alpha value is -3.59. The van der Waals surface area contributed by atoms with Crippen molar-refractivity contribution >= 4 is 23.7 Å². The maximum atomic E-state index is 13.8. The Balaban J connectivity index is 1.66. The van der Waals surface area contributed by atoms with Crippen LogP contribution >= 0.6 is 0 Å². The topological polar surface area (TPSA) is 106 Å². The van der Waals surface area contributed by atoms with Crippen LogP contribution in [-0.2, 0) is 25.5 Å². The number of imide groups is 1. The van der Waals surface area contributed by atoms with Gasteiger partial charge in [-0.25, -0.2) is 14.5 Å². The zero-order valence-electron chi connectivity index (χ0n) is 22.8. The first-order valence-electron chi connectivity index (χ1n) is 13.6. The minimum absolute atomic E-state index is 0.0109. The van der Waals surface area contributed by atoms with Crippen molar-refractivity contribution in [1.82, 2.24) is 4.90 Å². The van der Waals surface area contributed by atoms with Gasteiger partial charge < -0.3 is 24.2 Å². The monoisotopic (exact) mass is 538 g/mol. The number of nitrogens with zero attached hydrogens (tertiary/aromatic N) is 2. The van der Waals surface area contributed by atoms with Gasteiger partial charge in [-0.3, -0.25) is 4.79 Å². The summed E-state index contributed by atoms with van der Waals surface area (Å²) in [6.07, 6.45) is 1.17. The number of ether oxygens (including phenoxy) is 3. The summed E-state index contributed by atoms with van der Waals surface area (Å²) in [5, 5.41) is 10.4. The molecule has 9 nitrogen and oxygen atoms in total. The van der Waals surface area contributed by atoms with Gasteiger partial charge in [0.2, 0.25) is 5.91 Å². The molecule has 2 amide bonds. The molecule has 0 spiro atoms. The highest BCUT2D eigenvalue weighted by molar-refractivity contribution is 5.94. The number of hydrogen-bond acceptors (Lipinski definition) is 8. The van der Waals surface area contributed by atoms with Gasteiger partial charge in [0.25, 0.3) is 0 Å². The smallest absolute Gasteiger partial charge is 0.416 e. The third-order valence-corrected chi connectivity index (χ3v) is 7.87. The van der Waals surface area contributed by atoms with E-state index in [0.29, 0.717) is 24.3 Å². The van der Waals surface area contributed by atoms with Gasteiger partial charge in [0.1, 0.15) is 18.4 Å². The van der Waals surface area contributed by atoms with Crippen molar-refractivity contribution < 1.29 is 33.7 Å². The average molecular weight is 539 g/mol. The van der Waals surface area contributed by atoms with E-state index in [-0.39, 0.29) is 44.0 Å². The molecule has 2 heterocycles. The number of carbonyl (C=O) groups is 3. The molecule has 0 saturated carbocycles. The van der Waals surface area contributed by atoms with E-state index in [4.69, 9.17) is 14.2 Å². The maximum absolute atomic E-state index is 13.8. The van der Waals surface area contributed by atoms with Crippen molar-refractivity contribution in [2.45, 2.75) is 57.7 Å². The van der Waals surface area contributed by atoms with Crippen molar-refractivity contribution in [3.05, 3.63) is 60.2 Å². The number of piperidine rings is 1. The van der Waals surface area contributed by atoms with Crippen molar-refractivity contribution in [3.63, 3.8) is 0 Å². The van der Waals surface area contributed by atoms with Crippen LogP contribution < -0.4 is 9.64 Å². The molecule has 0 unspecified atom stereocenters. The molecule has 2 saturated heterocycles. The zero-order valence-corrected chi connectivity index (χ0v) is 22.8. The highest BCUT2D eigenvalue weighted by Gasteiger charge is 2.48. The molecule has 210 valence electrons. The number of esters is 1. The average Bonchev–Trinajstić information content (AvgIpc) is 3.32. The van der Waals surface area contributed by atoms with E-state index in [2.05, 4.69) is 0 Å². The van der Waals surface area contributed by atoms with Gasteiger partial charge >= 0.3 is 12.1 Å². The van der Waals surface area contributed by atoms with E-state index in [1.807, 2.05) is 54.3 Å². The Morgan fingerprint density at radius 1 is 1.05 bits per heavy atom. The zero-order chi connectivity index (χ0) is 27.9. The fourth-order valence-corrected chi connectivity index (χ4v) is 5.97. The fourth-order valence-electron chi connectivity index (χ4n) is 5.97. The van der Waals surface area contributed by atoms with Crippen molar-refractivity contribution in [3.8, 4) is 5.75 Å². The number of amides is 2. The number of benzene rings is 2. The van der Waals surface area contributed by atoms with Crippen LogP contribution in [0.5, 0.6) is 5.75 Å². The summed E-state index contributed by atoms with van der Waals surface area (Å²) in [5.41, 5.74) is 1.72. The summed E-state index contributed by atoms with van der Waals surface area (Å²) in [4.78, 5) is 43.0. The molecule has 2 aromatic carbocycles. The molecule has 9 heteroatoms. The molecule has 2 aliphatic rings. The molecule has 2 aromatic rings. The number of methoxy groups -OCH3 is 1. The number of anilines is 1. The number of hydrogen-bond donors (Lipinski definition) is 1. The normalized spacial score (nSPS) is 24.8. The fraction of sp³-hybridized carbons (Fsp3) is 0.500. The second-order valence-corrected chi connectivity index (χ2v) is 10.1. The minimum Gasteiger partial charge on any atom is -0.497 e. The highest BCUT2D eigenvalue weighted by Crippen LogP contribution is 2.40. The molecule has 39 heavy (non-hydrogen) atoms. The quantitative estimate of drug-likeness (QED) is 0.455. The Bertz CT molecular complexity index is 1120. The van der Waals surface area contributed by atoms with Crippen molar-refractivity contribution in [2.24, 2.45) is 11.8 Å². The van der Waals surface area contributed by atoms with Crippen molar-refractivity contribution in [2.75, 3.05) is 31.8 Å². The van der Waals surface area contributed by atoms with Gasteiger partial charge in [0.15, 0.2) is 0 Å². The highest BCUT2D eigenvalue weighted by atomic mass is 16.6. The number of aliphatic hydroxyl groups is 1. The molecular weight excluding hydrogens is 500 g/mol. The van der Waals surface area contributed by atoms with E-state index in [1.54, 1.807) is 26.2 Å². The summed E-state index contributed by atoms with van der Waals surface area (Å²) in [6, 6.07) is 15.4. The molecule has 0 radical (unpaired) electrons. The van der Waals surface area contributed by atoms with Crippen LogP contribution in [0.25, 0.3) is 0 Å². The lowest BCUT2D eigenvalue weighted by Gasteiger charge is -2.49. The lowest BCUT2D eigenvalue weighted by atomic mass is 9.74. The van der Waals surface area contributed by atoms with Gasteiger partial charge in [-0.2, -0.15) is 0 Å². The van der Waals surface area contributed by atoms with E-state index in [9.17, 15) is 19.5 Å². The summed E-state index contributed by atoms with van der Waals surface area (Å²) < 4.78 is 16.1. The Kier molecular flexibility index (Phi) is 9.45. The molecule has 2 fully saturated rings. The van der Waals surface area contributed by atoms with E-state index < -0.39 is 30.2 Å². The lowest BCUT2D eigenvalue weighted by Crippen LogP contribution is -2.60. The lowest BCUT2D eigenvalue weighted by molar-refractivity contribution is -0.149. The summed E-state index contributed by atoms with van der Waals surface area (Å²) in [6.45, 7) is 3.92. The van der Waals surface area contributed by atoms with Crippen LogP contribution in [-0.4, -0.2) is 73.0 Å². The number of aliphatic hydroxyl groups excluding tert-OH is 1. The second-order valence-electron chi connectivity index (χ2n) is 10.1. The Labute approximate surface area is 229 Å². The SMILES string of the molecule is CCOC(=O)[C@@H]1[C@@H](CO)[C@@H](CC)C[C@H](CC(=O)N2C(=O)OC[C@@H]2Cc2ccccc2)N1c1ccc(OC)cc1.